The van der Waals surface area contributed by atoms with Gasteiger partial charge in [-0.1, -0.05) is 0 Å². The predicted octanol–water partition coefficient (Wildman–Crippen LogP) is 4.34. The molecule has 11 heteroatoms. The second-order valence-corrected chi connectivity index (χ2v) is 11.5. The highest BCUT2D eigenvalue weighted by atomic mass is 32.2. The molecule has 1 aliphatic carbocycles. The molecular weight excluding hydrogens is 477 g/mol. The average Bonchev–Trinajstić information content (AvgIpc) is 3.57. The Kier molecular flexibility index (Phi) is 6.14. The van der Waals surface area contributed by atoms with Gasteiger partial charge in [-0.25, -0.2) is 17.8 Å². The molecule has 0 saturated heterocycles. The summed E-state index contributed by atoms with van der Waals surface area (Å²) in [6.45, 7) is 4.88. The molecule has 1 saturated carbocycles. The molecule has 8 nitrogen and oxygen atoms in total. The molecule has 1 amide bonds. The summed E-state index contributed by atoms with van der Waals surface area (Å²) in [5.41, 5.74) is 0.877. The van der Waals surface area contributed by atoms with E-state index >= 15 is 4.39 Å². The number of nitrogens with zero attached hydrogens (tertiary/aromatic N) is 3. The molecule has 0 radical (unpaired) electrons. The number of benzene rings is 1. The normalized spacial score (nSPS) is 13.9. The summed E-state index contributed by atoms with van der Waals surface area (Å²) in [5.74, 6) is -0.948. The lowest BCUT2D eigenvalue weighted by atomic mass is 9.88. The standard InChI is InChI=1S/C23H22FN5O3S2/c1-13-18(7-6-17(20(13)24)15-8-14(9-25)10-26-11-15)27-21(30)23(2,3)19-12-33-22(28-19)29-34(31,32)16-4-5-16/h6-8,10-12,16H,4-5H2,1-3H3,(H,27,30)(H,28,29). The van der Waals surface area contributed by atoms with Crippen LogP contribution in [0.4, 0.5) is 15.2 Å². The molecular formula is C23H22FN5O3S2. The molecule has 0 bridgehead atoms. The number of hydrogen-bond donors (Lipinski definition) is 2. The van der Waals surface area contributed by atoms with Gasteiger partial charge in [0.25, 0.3) is 0 Å². The molecule has 1 aliphatic rings. The van der Waals surface area contributed by atoms with E-state index in [1.807, 2.05) is 6.07 Å². The quantitative estimate of drug-likeness (QED) is 0.498. The summed E-state index contributed by atoms with van der Waals surface area (Å²) in [6, 6.07) is 6.64. The molecule has 0 spiro atoms. The fourth-order valence-electron chi connectivity index (χ4n) is 3.28. The Bertz CT molecular complexity index is 1420. The van der Waals surface area contributed by atoms with Crippen molar-refractivity contribution in [2.45, 2.75) is 44.3 Å². The van der Waals surface area contributed by atoms with Crippen molar-refractivity contribution in [3.63, 3.8) is 0 Å². The summed E-state index contributed by atoms with van der Waals surface area (Å²) in [7, 11) is -3.45. The van der Waals surface area contributed by atoms with Crippen LogP contribution in [-0.4, -0.2) is 29.5 Å². The summed E-state index contributed by atoms with van der Waals surface area (Å²) < 4.78 is 41.9. The van der Waals surface area contributed by atoms with Gasteiger partial charge in [-0.15, -0.1) is 11.3 Å². The topological polar surface area (TPSA) is 125 Å². The Hall–Kier alpha value is -3.36. The Morgan fingerprint density at radius 1 is 1.29 bits per heavy atom. The van der Waals surface area contributed by atoms with Crippen LogP contribution in [0.2, 0.25) is 0 Å². The van der Waals surface area contributed by atoms with Crippen molar-refractivity contribution in [1.82, 2.24) is 9.97 Å². The lowest BCUT2D eigenvalue weighted by Crippen LogP contribution is -2.35. The zero-order chi connectivity index (χ0) is 24.7. The van der Waals surface area contributed by atoms with E-state index in [0.717, 1.165) is 11.3 Å². The number of nitrogens with one attached hydrogen (secondary N) is 2. The number of hydrogen-bond acceptors (Lipinski definition) is 7. The summed E-state index contributed by atoms with van der Waals surface area (Å²) in [6.07, 6.45) is 4.13. The van der Waals surface area contributed by atoms with Crippen molar-refractivity contribution in [1.29, 1.82) is 5.26 Å². The molecule has 0 atom stereocenters. The monoisotopic (exact) mass is 499 g/mol. The predicted molar refractivity (Wildman–Crippen MR) is 128 cm³/mol. The molecule has 4 rings (SSSR count). The van der Waals surface area contributed by atoms with E-state index in [9.17, 15) is 13.2 Å². The first-order valence-corrected chi connectivity index (χ1v) is 12.9. The summed E-state index contributed by atoms with van der Waals surface area (Å²) >= 11 is 1.11. The SMILES string of the molecule is Cc1c(NC(=O)C(C)(C)c2csc(NS(=O)(=O)C3CC3)n2)ccc(-c2cncc(C#N)c2)c1F. The van der Waals surface area contributed by atoms with Crippen molar-refractivity contribution in [3.05, 3.63) is 58.6 Å². The molecule has 176 valence electrons. The average molecular weight is 500 g/mol. The summed E-state index contributed by atoms with van der Waals surface area (Å²) in [4.78, 5) is 21.4. The van der Waals surface area contributed by atoms with Crippen LogP contribution in [0.1, 0.15) is 43.5 Å². The first-order chi connectivity index (χ1) is 16.0. The van der Waals surface area contributed by atoms with Crippen LogP contribution in [0.25, 0.3) is 11.1 Å². The molecule has 2 N–H and O–H groups in total. The van der Waals surface area contributed by atoms with Crippen molar-refractivity contribution >= 4 is 38.1 Å². The van der Waals surface area contributed by atoms with Gasteiger partial charge in [-0.3, -0.25) is 14.5 Å². The molecule has 1 aromatic carbocycles. The number of halogens is 1. The Morgan fingerprint density at radius 2 is 2.03 bits per heavy atom. The number of amides is 1. The molecule has 3 aromatic rings. The number of thiazole rings is 1. The van der Waals surface area contributed by atoms with Gasteiger partial charge >= 0.3 is 0 Å². The first-order valence-electron chi connectivity index (χ1n) is 10.5. The zero-order valence-corrected chi connectivity index (χ0v) is 20.3. The molecule has 34 heavy (non-hydrogen) atoms. The maximum atomic E-state index is 15.1. The number of carbonyl (C=O) groups is 1. The number of rotatable bonds is 7. The number of anilines is 2. The maximum Gasteiger partial charge on any atom is 0.237 e. The lowest BCUT2D eigenvalue weighted by molar-refractivity contribution is -0.120. The third-order valence-electron chi connectivity index (χ3n) is 5.72. The lowest BCUT2D eigenvalue weighted by Gasteiger charge is -2.22. The number of sulfonamides is 1. The van der Waals surface area contributed by atoms with Crippen LogP contribution in [0.15, 0.2) is 36.0 Å². The van der Waals surface area contributed by atoms with E-state index in [-0.39, 0.29) is 21.5 Å². The van der Waals surface area contributed by atoms with E-state index in [2.05, 4.69) is 20.0 Å². The van der Waals surface area contributed by atoms with Crippen molar-refractivity contribution < 1.29 is 17.6 Å². The summed E-state index contributed by atoms with van der Waals surface area (Å²) in [5, 5.41) is 13.3. The van der Waals surface area contributed by atoms with Gasteiger partial charge < -0.3 is 5.32 Å². The number of carbonyl (C=O) groups excluding carboxylic acids is 1. The zero-order valence-electron chi connectivity index (χ0n) is 18.7. The first kappa shape index (κ1) is 23.8. The van der Waals surface area contributed by atoms with Crippen LogP contribution >= 0.6 is 11.3 Å². The second-order valence-electron chi connectivity index (χ2n) is 8.64. The number of pyridine rings is 1. The second kappa shape index (κ2) is 8.77. The third kappa shape index (κ3) is 4.64. The Morgan fingerprint density at radius 3 is 2.71 bits per heavy atom. The van der Waals surface area contributed by atoms with Gasteiger partial charge in [-0.2, -0.15) is 5.26 Å². The van der Waals surface area contributed by atoms with E-state index in [4.69, 9.17) is 5.26 Å². The highest BCUT2D eigenvalue weighted by Gasteiger charge is 2.37. The maximum absolute atomic E-state index is 15.1. The van der Waals surface area contributed by atoms with E-state index in [0.29, 0.717) is 35.3 Å². The van der Waals surface area contributed by atoms with E-state index < -0.39 is 27.2 Å². The Labute approximate surface area is 200 Å². The fourth-order valence-corrected chi connectivity index (χ4v) is 5.75. The van der Waals surface area contributed by atoms with Crippen LogP contribution in [-0.2, 0) is 20.2 Å². The highest BCUT2D eigenvalue weighted by molar-refractivity contribution is 7.93. The Balaban J connectivity index is 1.54. The largest absolute Gasteiger partial charge is 0.325 e. The van der Waals surface area contributed by atoms with E-state index in [1.54, 1.807) is 38.3 Å². The van der Waals surface area contributed by atoms with E-state index in [1.165, 1.54) is 18.5 Å². The van der Waals surface area contributed by atoms with Gasteiger partial charge in [0.2, 0.25) is 15.9 Å². The van der Waals surface area contributed by atoms with Gasteiger partial charge in [0, 0.05) is 40.2 Å². The fraction of sp³-hybridized carbons (Fsp3) is 0.304. The van der Waals surface area contributed by atoms with Crippen LogP contribution in [0.3, 0.4) is 0 Å². The molecule has 2 heterocycles. The number of nitriles is 1. The van der Waals surface area contributed by atoms with Crippen molar-refractivity contribution in [2.24, 2.45) is 0 Å². The van der Waals surface area contributed by atoms with Crippen molar-refractivity contribution in [3.8, 4) is 17.2 Å². The minimum absolute atomic E-state index is 0.211. The van der Waals surface area contributed by atoms with Gasteiger partial charge in [-0.05, 0) is 51.8 Å². The van der Waals surface area contributed by atoms with Gasteiger partial charge in [0.05, 0.1) is 21.9 Å². The van der Waals surface area contributed by atoms with Gasteiger partial charge in [0.1, 0.15) is 11.9 Å². The smallest absolute Gasteiger partial charge is 0.237 e. The van der Waals surface area contributed by atoms with Crippen LogP contribution < -0.4 is 10.0 Å². The molecule has 2 aromatic heterocycles. The number of aromatic nitrogens is 2. The minimum atomic E-state index is -3.45. The van der Waals surface area contributed by atoms with Gasteiger partial charge in [0.15, 0.2) is 5.13 Å². The molecule has 0 unspecified atom stereocenters. The third-order valence-corrected chi connectivity index (χ3v) is 8.43. The highest BCUT2D eigenvalue weighted by Crippen LogP contribution is 2.34. The van der Waals surface area contributed by atoms with Crippen LogP contribution in [0, 0.1) is 24.1 Å². The van der Waals surface area contributed by atoms with Crippen molar-refractivity contribution in [2.75, 3.05) is 10.0 Å². The molecule has 1 fully saturated rings. The van der Waals surface area contributed by atoms with Crippen LogP contribution in [0.5, 0.6) is 0 Å². The molecule has 0 aliphatic heterocycles. The minimum Gasteiger partial charge on any atom is -0.325 e.